The summed E-state index contributed by atoms with van der Waals surface area (Å²) >= 11 is 0. The Labute approximate surface area is 409 Å². The number of para-hydroxylation sites is 2. The van der Waals surface area contributed by atoms with Crippen molar-refractivity contribution >= 4 is 148 Å². The molecule has 0 atom stereocenters. The van der Waals surface area contributed by atoms with Crippen LogP contribution in [-0.2, 0) is 0 Å². The van der Waals surface area contributed by atoms with Crippen LogP contribution in [0.3, 0.4) is 0 Å². The van der Waals surface area contributed by atoms with Crippen LogP contribution in [0.25, 0.3) is 87.0 Å². The molecular weight excluding hydrogens is 885 g/mol. The second kappa shape index (κ2) is 15.8. The number of fused-ring (bicyclic) bond motifs is 10. The van der Waals surface area contributed by atoms with Crippen LogP contribution in [0, 0.1) is 0 Å². The number of hydrogen-bond acceptors (Lipinski definition) is 4. The van der Waals surface area contributed by atoms with Gasteiger partial charge in [-0.25, -0.2) is 0 Å². The summed E-state index contributed by atoms with van der Waals surface area (Å²) in [6.07, 6.45) is 0. The molecule has 0 saturated heterocycles. The van der Waals surface area contributed by atoms with Crippen molar-refractivity contribution in [2.24, 2.45) is 0 Å². The number of rotatable bonds is 8. The fraction of sp³-hybridized carbons (Fsp3) is 0.0938. The molecule has 0 bridgehead atoms. The molecule has 6 heteroatoms. The maximum Gasteiger partial charge on any atom is 0.139 e. The van der Waals surface area contributed by atoms with Crippen molar-refractivity contribution in [1.82, 2.24) is 0 Å². The standard InChI is InChI=1S/C64H52N2O2Si2/c1-69(2,3)63-51-23-15-13-17-41(51)27-31-57(63)65(47-19-9-7-10-20-47)49-29-25-43-35-53-55-39-56-54-36-44-26-30-50(34-46(44)38-60(54)68-62(56)40-61(55)67-59(53)37-45(43)33-49)66(48-21-11-8-12-22-48)58-32-28-42-18-14-16-24-52(42)64(58)70(4,5)6/h7-40H,1-6H3. The van der Waals surface area contributed by atoms with E-state index < -0.39 is 16.1 Å². The normalized spacial score (nSPS) is 12.4. The SMILES string of the molecule is C[Si](C)(C)c1c(N(c2ccccc2)c2ccc3cc4c(cc3c2)oc2cc3oc5cc6cc(N(c7ccccc7)c7ccc8ccccc8c7[Si](C)(C)C)ccc6cc5c3cc24)ccc2ccccc12. The van der Waals surface area contributed by atoms with Gasteiger partial charge in [0.15, 0.2) is 0 Å². The molecule has 0 N–H and O–H groups in total. The smallest absolute Gasteiger partial charge is 0.139 e. The number of hydrogen-bond donors (Lipinski definition) is 0. The predicted octanol–water partition coefficient (Wildman–Crippen LogP) is 18.1. The van der Waals surface area contributed by atoms with Gasteiger partial charge < -0.3 is 18.6 Å². The molecule has 13 aromatic rings. The summed E-state index contributed by atoms with van der Waals surface area (Å²) in [5.74, 6) is 0. The first kappa shape index (κ1) is 42.2. The summed E-state index contributed by atoms with van der Waals surface area (Å²) < 4.78 is 13.5. The minimum absolute atomic E-state index is 0.817. The molecule has 4 nitrogen and oxygen atoms in total. The van der Waals surface area contributed by atoms with Crippen molar-refractivity contribution in [3.05, 3.63) is 206 Å². The van der Waals surface area contributed by atoms with Crippen LogP contribution in [0.15, 0.2) is 215 Å². The van der Waals surface area contributed by atoms with Crippen molar-refractivity contribution in [1.29, 1.82) is 0 Å². The Balaban J connectivity index is 0.917. The Bertz CT molecular complexity index is 3950. The van der Waals surface area contributed by atoms with Crippen molar-refractivity contribution in [3.8, 4) is 0 Å². The highest BCUT2D eigenvalue weighted by Gasteiger charge is 2.29. The molecule has 0 fully saturated rings. The van der Waals surface area contributed by atoms with Gasteiger partial charge in [0.1, 0.15) is 22.3 Å². The molecule has 0 spiro atoms. The van der Waals surface area contributed by atoms with Gasteiger partial charge in [-0.05, 0) is 144 Å². The van der Waals surface area contributed by atoms with E-state index in [1.807, 2.05) is 0 Å². The first-order valence-electron chi connectivity index (χ1n) is 24.4. The summed E-state index contributed by atoms with van der Waals surface area (Å²) in [7, 11) is -3.67. The van der Waals surface area contributed by atoms with Gasteiger partial charge in [0.05, 0.1) is 16.1 Å². The predicted molar refractivity (Wildman–Crippen MR) is 306 cm³/mol. The monoisotopic (exact) mass is 936 g/mol. The van der Waals surface area contributed by atoms with Crippen LogP contribution in [0.4, 0.5) is 34.1 Å². The molecular formula is C64H52N2O2Si2. The lowest BCUT2D eigenvalue weighted by atomic mass is 10.0. The summed E-state index contributed by atoms with van der Waals surface area (Å²) in [5.41, 5.74) is 10.3. The third-order valence-corrected chi connectivity index (χ3v) is 18.3. The molecule has 13 rings (SSSR count). The first-order valence-corrected chi connectivity index (χ1v) is 31.4. The van der Waals surface area contributed by atoms with E-state index in [0.29, 0.717) is 0 Å². The minimum atomic E-state index is -1.84. The molecule has 0 unspecified atom stereocenters. The quantitative estimate of drug-likeness (QED) is 0.142. The lowest BCUT2D eigenvalue weighted by molar-refractivity contribution is 0.656. The third kappa shape index (κ3) is 6.92. The van der Waals surface area contributed by atoms with Gasteiger partial charge in [-0.2, -0.15) is 0 Å². The van der Waals surface area contributed by atoms with Gasteiger partial charge in [0.2, 0.25) is 0 Å². The maximum atomic E-state index is 6.74. The fourth-order valence-electron chi connectivity index (χ4n) is 11.3. The van der Waals surface area contributed by atoms with Crippen molar-refractivity contribution in [2.75, 3.05) is 9.80 Å². The Morgan fingerprint density at radius 2 is 0.643 bits per heavy atom. The molecule has 0 aliphatic carbocycles. The first-order chi connectivity index (χ1) is 33.9. The highest BCUT2D eigenvalue weighted by Crippen LogP contribution is 2.44. The maximum absolute atomic E-state index is 6.74. The summed E-state index contributed by atoms with van der Waals surface area (Å²) in [4.78, 5) is 4.89. The second-order valence-corrected chi connectivity index (χ2v) is 31.0. The lowest BCUT2D eigenvalue weighted by Crippen LogP contribution is -2.41. The Morgan fingerprint density at radius 3 is 1.07 bits per heavy atom. The topological polar surface area (TPSA) is 32.8 Å². The molecule has 11 aromatic carbocycles. The van der Waals surface area contributed by atoms with Crippen molar-refractivity contribution < 1.29 is 8.83 Å². The van der Waals surface area contributed by atoms with Crippen LogP contribution < -0.4 is 20.2 Å². The number of nitrogens with zero attached hydrogens (tertiary/aromatic N) is 2. The van der Waals surface area contributed by atoms with E-state index in [1.165, 1.54) is 54.1 Å². The lowest BCUT2D eigenvalue weighted by Gasteiger charge is -2.32. The number of anilines is 6. The van der Waals surface area contributed by atoms with Gasteiger partial charge in [-0.3, -0.25) is 0 Å². The summed E-state index contributed by atoms with van der Waals surface area (Å²) in [6.45, 7) is 14.7. The van der Waals surface area contributed by atoms with Gasteiger partial charge in [0.25, 0.3) is 0 Å². The zero-order chi connectivity index (χ0) is 47.5. The molecule has 0 aliphatic rings. The van der Waals surface area contributed by atoms with E-state index in [4.69, 9.17) is 8.83 Å². The van der Waals surface area contributed by atoms with E-state index in [-0.39, 0.29) is 0 Å². The molecule has 0 aliphatic heterocycles. The zero-order valence-electron chi connectivity index (χ0n) is 40.3. The van der Waals surface area contributed by atoms with Crippen LogP contribution in [-0.4, -0.2) is 16.1 Å². The molecule has 2 aromatic heterocycles. The van der Waals surface area contributed by atoms with E-state index >= 15 is 0 Å². The number of furan rings is 2. The highest BCUT2D eigenvalue weighted by atomic mass is 28.3. The molecule has 338 valence electrons. The Hall–Kier alpha value is -7.91. The van der Waals surface area contributed by atoms with Gasteiger partial charge >= 0.3 is 0 Å². The van der Waals surface area contributed by atoms with Gasteiger partial charge in [0, 0.05) is 61.7 Å². The second-order valence-electron chi connectivity index (χ2n) is 21.0. The Kier molecular flexibility index (Phi) is 9.54. The van der Waals surface area contributed by atoms with E-state index in [1.54, 1.807) is 0 Å². The van der Waals surface area contributed by atoms with Crippen LogP contribution in [0.5, 0.6) is 0 Å². The minimum Gasteiger partial charge on any atom is -0.456 e. The van der Waals surface area contributed by atoms with Crippen molar-refractivity contribution in [3.63, 3.8) is 0 Å². The number of benzene rings is 11. The molecule has 70 heavy (non-hydrogen) atoms. The van der Waals surface area contributed by atoms with E-state index in [2.05, 4.69) is 255 Å². The summed E-state index contributed by atoms with van der Waals surface area (Å²) in [5, 5.41) is 17.1. The van der Waals surface area contributed by atoms with Gasteiger partial charge in [-0.1, -0.05) is 148 Å². The molecule has 2 heterocycles. The van der Waals surface area contributed by atoms with Crippen LogP contribution in [0.2, 0.25) is 39.3 Å². The van der Waals surface area contributed by atoms with E-state index in [0.717, 1.165) is 77.4 Å². The third-order valence-electron chi connectivity index (χ3n) is 14.3. The molecule has 0 saturated carbocycles. The van der Waals surface area contributed by atoms with E-state index in [9.17, 15) is 0 Å². The fourth-order valence-corrected chi connectivity index (χ4v) is 15.3. The zero-order valence-corrected chi connectivity index (χ0v) is 42.3. The average Bonchev–Trinajstić information content (AvgIpc) is 3.89. The highest BCUT2D eigenvalue weighted by molar-refractivity contribution is 6.92. The van der Waals surface area contributed by atoms with Crippen LogP contribution >= 0.6 is 0 Å². The largest absolute Gasteiger partial charge is 0.456 e. The average molecular weight is 937 g/mol. The Morgan fingerprint density at radius 1 is 0.271 bits per heavy atom. The van der Waals surface area contributed by atoms with Crippen LogP contribution in [0.1, 0.15) is 0 Å². The summed E-state index contributed by atoms with van der Waals surface area (Å²) in [6, 6.07) is 75.5. The van der Waals surface area contributed by atoms with Gasteiger partial charge in [-0.15, -0.1) is 0 Å². The van der Waals surface area contributed by atoms with Crippen molar-refractivity contribution in [2.45, 2.75) is 39.3 Å². The molecule has 0 amide bonds. The molecule has 0 radical (unpaired) electrons.